The predicted molar refractivity (Wildman–Crippen MR) is 85.6 cm³/mol. The molecule has 0 aliphatic carbocycles. The van der Waals surface area contributed by atoms with Gasteiger partial charge in [-0.25, -0.2) is 23.4 Å². The number of piperidine rings is 1. The van der Waals surface area contributed by atoms with Gasteiger partial charge in [-0.15, -0.1) is 0 Å². The Balaban J connectivity index is 1.64. The molecule has 0 atom stereocenters. The third kappa shape index (κ3) is 3.80. The zero-order chi connectivity index (χ0) is 18.9. The maximum Gasteiger partial charge on any atom is 0.433 e. The number of sulfonamides is 1. The van der Waals surface area contributed by atoms with Crippen molar-refractivity contribution >= 4 is 15.8 Å². The van der Waals surface area contributed by atoms with E-state index >= 15 is 0 Å². The van der Waals surface area contributed by atoms with Crippen molar-refractivity contribution in [3.8, 4) is 0 Å². The number of anilines is 1. The quantitative estimate of drug-likeness (QED) is 0.850. The van der Waals surface area contributed by atoms with Crippen LogP contribution in [-0.2, 0) is 23.2 Å². The molecule has 0 saturated carbocycles. The number of imidazole rings is 1. The predicted octanol–water partition coefficient (Wildman–Crippen LogP) is 1.49. The summed E-state index contributed by atoms with van der Waals surface area (Å²) in [6, 6.07) is 0.663. The lowest BCUT2D eigenvalue weighted by Crippen LogP contribution is -2.43. The Kier molecular flexibility index (Phi) is 4.88. The van der Waals surface area contributed by atoms with Gasteiger partial charge in [0.25, 0.3) is 10.0 Å². The van der Waals surface area contributed by atoms with Crippen molar-refractivity contribution in [2.45, 2.75) is 30.2 Å². The van der Waals surface area contributed by atoms with Crippen LogP contribution in [-0.4, -0.2) is 51.4 Å². The molecule has 0 radical (unpaired) electrons. The van der Waals surface area contributed by atoms with E-state index in [0.29, 0.717) is 12.8 Å². The summed E-state index contributed by atoms with van der Waals surface area (Å²) < 4.78 is 66.0. The van der Waals surface area contributed by atoms with Crippen LogP contribution in [0.15, 0.2) is 29.9 Å². The monoisotopic (exact) mass is 390 g/mol. The van der Waals surface area contributed by atoms with Crippen LogP contribution >= 0.6 is 0 Å². The maximum atomic E-state index is 12.7. The lowest BCUT2D eigenvalue weighted by Gasteiger charge is -2.31. The molecule has 1 aliphatic rings. The van der Waals surface area contributed by atoms with Gasteiger partial charge < -0.3 is 9.88 Å². The highest BCUT2D eigenvalue weighted by molar-refractivity contribution is 7.89. The number of halogens is 3. The van der Waals surface area contributed by atoms with Gasteiger partial charge >= 0.3 is 6.18 Å². The van der Waals surface area contributed by atoms with E-state index in [2.05, 4.69) is 20.3 Å². The topological polar surface area (TPSA) is 93.0 Å². The third-order valence-electron chi connectivity index (χ3n) is 4.11. The molecule has 3 heterocycles. The summed E-state index contributed by atoms with van der Waals surface area (Å²) in [5.41, 5.74) is -1.02. The Labute approximate surface area is 148 Å². The van der Waals surface area contributed by atoms with Gasteiger partial charge in [0.05, 0.1) is 0 Å². The molecule has 0 unspecified atom stereocenters. The molecule has 1 N–H and O–H groups in total. The molecule has 8 nitrogen and oxygen atoms in total. The zero-order valence-corrected chi connectivity index (χ0v) is 14.6. The van der Waals surface area contributed by atoms with Crippen LogP contribution < -0.4 is 5.32 Å². The van der Waals surface area contributed by atoms with Gasteiger partial charge in [0.1, 0.15) is 17.8 Å². The van der Waals surface area contributed by atoms with E-state index in [1.807, 2.05) is 0 Å². The minimum absolute atomic E-state index is 0.0328. The van der Waals surface area contributed by atoms with Crippen LogP contribution in [0.25, 0.3) is 0 Å². The SMILES string of the molecule is Cn1ccnc1S(=O)(=O)N1CCC(Nc2cc(C(F)(F)F)ncn2)CC1. The lowest BCUT2D eigenvalue weighted by atomic mass is 10.1. The van der Waals surface area contributed by atoms with Gasteiger partial charge in [-0.1, -0.05) is 0 Å². The van der Waals surface area contributed by atoms with Crippen molar-refractivity contribution in [1.82, 2.24) is 23.8 Å². The first-order valence-corrected chi connectivity index (χ1v) is 9.25. The molecule has 3 rings (SSSR count). The fourth-order valence-corrected chi connectivity index (χ4v) is 4.30. The first-order valence-electron chi connectivity index (χ1n) is 7.81. The number of nitrogens with one attached hydrogen (secondary N) is 1. The number of alkyl halides is 3. The smallest absolute Gasteiger partial charge is 0.367 e. The normalized spacial score (nSPS) is 17.4. The van der Waals surface area contributed by atoms with E-state index in [9.17, 15) is 21.6 Å². The van der Waals surface area contributed by atoms with Crippen molar-refractivity contribution in [3.05, 3.63) is 30.5 Å². The minimum Gasteiger partial charge on any atom is -0.367 e. The first-order chi connectivity index (χ1) is 12.2. The van der Waals surface area contributed by atoms with E-state index < -0.39 is 21.9 Å². The molecule has 1 saturated heterocycles. The van der Waals surface area contributed by atoms with Crippen molar-refractivity contribution in [2.75, 3.05) is 18.4 Å². The fraction of sp³-hybridized carbons (Fsp3) is 0.500. The molecular formula is C14H17F3N6O2S. The summed E-state index contributed by atoms with van der Waals surface area (Å²) in [6.45, 7) is 0.480. The van der Waals surface area contributed by atoms with Crippen molar-refractivity contribution < 1.29 is 21.6 Å². The fourth-order valence-electron chi connectivity index (χ4n) is 2.76. The number of aromatic nitrogens is 4. The number of nitrogens with zero attached hydrogens (tertiary/aromatic N) is 5. The summed E-state index contributed by atoms with van der Waals surface area (Å²) in [5.74, 6) is 0.0673. The molecule has 142 valence electrons. The standard InChI is InChI=1S/C14H17F3N6O2S/c1-22-7-4-18-13(22)26(24,25)23-5-2-10(3-6-23)21-12-8-11(14(15,16)17)19-9-20-12/h4,7-10H,2-3,5-6H2,1H3,(H,19,20,21). The summed E-state index contributed by atoms with van der Waals surface area (Å²) in [4.78, 5) is 10.9. The van der Waals surface area contributed by atoms with Gasteiger partial charge in [-0.05, 0) is 12.8 Å². The second-order valence-electron chi connectivity index (χ2n) is 5.93. The van der Waals surface area contributed by atoms with Crippen LogP contribution in [0.3, 0.4) is 0 Å². The molecular weight excluding hydrogens is 373 g/mol. The first kappa shape index (κ1) is 18.6. The molecule has 0 spiro atoms. The molecule has 1 aliphatic heterocycles. The second kappa shape index (κ2) is 6.83. The lowest BCUT2D eigenvalue weighted by molar-refractivity contribution is -0.141. The molecule has 1 fully saturated rings. The molecule has 26 heavy (non-hydrogen) atoms. The zero-order valence-electron chi connectivity index (χ0n) is 13.8. The van der Waals surface area contributed by atoms with Crippen molar-refractivity contribution in [3.63, 3.8) is 0 Å². The van der Waals surface area contributed by atoms with E-state index in [4.69, 9.17) is 0 Å². The number of hydrogen-bond acceptors (Lipinski definition) is 6. The van der Waals surface area contributed by atoms with Crippen LogP contribution in [0.5, 0.6) is 0 Å². The Bertz CT molecular complexity index is 875. The summed E-state index contributed by atoms with van der Waals surface area (Å²) in [6.07, 6.45) is 0.151. The molecule has 0 aromatic carbocycles. The average molecular weight is 390 g/mol. The van der Waals surface area contributed by atoms with Gasteiger partial charge in [0.15, 0.2) is 0 Å². The molecule has 2 aromatic heterocycles. The van der Waals surface area contributed by atoms with Gasteiger partial charge in [-0.2, -0.15) is 17.5 Å². The van der Waals surface area contributed by atoms with E-state index in [-0.39, 0.29) is 30.1 Å². The second-order valence-corrected chi connectivity index (χ2v) is 7.76. The average Bonchev–Trinajstić information content (AvgIpc) is 3.02. The van der Waals surface area contributed by atoms with E-state index in [1.54, 1.807) is 13.2 Å². The Morgan fingerprint density at radius 2 is 1.88 bits per heavy atom. The highest BCUT2D eigenvalue weighted by atomic mass is 32.2. The molecule has 0 amide bonds. The number of aryl methyl sites for hydroxylation is 1. The Morgan fingerprint density at radius 1 is 1.19 bits per heavy atom. The van der Waals surface area contributed by atoms with Gasteiger partial charge in [-0.3, -0.25) is 0 Å². The van der Waals surface area contributed by atoms with Crippen LogP contribution in [0.1, 0.15) is 18.5 Å². The summed E-state index contributed by atoms with van der Waals surface area (Å²) >= 11 is 0. The highest BCUT2D eigenvalue weighted by Crippen LogP contribution is 2.28. The van der Waals surface area contributed by atoms with Crippen LogP contribution in [0, 0.1) is 0 Å². The third-order valence-corrected chi connectivity index (χ3v) is 6.01. The maximum absolute atomic E-state index is 12.7. The summed E-state index contributed by atoms with van der Waals surface area (Å²) in [7, 11) is -2.09. The molecule has 12 heteroatoms. The molecule has 0 bridgehead atoms. The van der Waals surface area contributed by atoms with Crippen molar-refractivity contribution in [2.24, 2.45) is 7.05 Å². The largest absolute Gasteiger partial charge is 0.433 e. The Hall–Kier alpha value is -2.21. The van der Waals surface area contributed by atoms with Crippen LogP contribution in [0.4, 0.5) is 19.0 Å². The van der Waals surface area contributed by atoms with Crippen molar-refractivity contribution in [1.29, 1.82) is 0 Å². The molecule has 2 aromatic rings. The Morgan fingerprint density at radius 3 is 2.46 bits per heavy atom. The minimum atomic E-state index is -4.54. The van der Waals surface area contributed by atoms with E-state index in [1.165, 1.54) is 15.1 Å². The van der Waals surface area contributed by atoms with Gasteiger partial charge in [0, 0.05) is 44.6 Å². The number of hydrogen-bond donors (Lipinski definition) is 1. The highest BCUT2D eigenvalue weighted by Gasteiger charge is 2.34. The van der Waals surface area contributed by atoms with Crippen LogP contribution in [0.2, 0.25) is 0 Å². The summed E-state index contributed by atoms with van der Waals surface area (Å²) in [5, 5.41) is 2.89. The number of rotatable bonds is 4. The van der Waals surface area contributed by atoms with Gasteiger partial charge in [0.2, 0.25) is 5.16 Å². The van der Waals surface area contributed by atoms with E-state index in [0.717, 1.165) is 12.4 Å².